The van der Waals surface area contributed by atoms with Gasteiger partial charge in [0.2, 0.25) is 0 Å². The number of aromatic nitrogens is 1. The molecule has 4 heteroatoms. The van der Waals surface area contributed by atoms with E-state index in [-0.39, 0.29) is 0 Å². The lowest BCUT2D eigenvalue weighted by Gasteiger charge is -2.08. The van der Waals surface area contributed by atoms with Crippen molar-refractivity contribution < 1.29 is 4.74 Å². The molecule has 0 radical (unpaired) electrons. The van der Waals surface area contributed by atoms with Crippen LogP contribution in [0.2, 0.25) is 0 Å². The topological polar surface area (TPSA) is 71.9 Å². The Labute approximate surface area is 99.3 Å². The minimum Gasteiger partial charge on any atom is -0.455 e. The zero-order valence-electron chi connectivity index (χ0n) is 9.34. The Morgan fingerprint density at radius 2 is 2.12 bits per heavy atom. The molecule has 1 aromatic carbocycles. The summed E-state index contributed by atoms with van der Waals surface area (Å²) in [6, 6.07) is 10.7. The molecule has 2 N–H and O–H groups in total. The Morgan fingerprint density at radius 3 is 2.76 bits per heavy atom. The third-order valence-corrected chi connectivity index (χ3v) is 2.29. The molecule has 2 rings (SSSR count). The van der Waals surface area contributed by atoms with E-state index < -0.39 is 0 Å². The maximum atomic E-state index is 8.63. The van der Waals surface area contributed by atoms with Crippen LogP contribution in [0, 0.1) is 18.3 Å². The summed E-state index contributed by atoms with van der Waals surface area (Å²) >= 11 is 0. The molecule has 1 aromatic heterocycles. The fourth-order valence-electron chi connectivity index (χ4n) is 1.36. The van der Waals surface area contributed by atoms with Gasteiger partial charge in [-0.05, 0) is 30.7 Å². The van der Waals surface area contributed by atoms with E-state index in [9.17, 15) is 0 Å². The van der Waals surface area contributed by atoms with Gasteiger partial charge in [0.05, 0.1) is 6.20 Å². The molecule has 0 atom stereocenters. The van der Waals surface area contributed by atoms with E-state index in [0.29, 0.717) is 22.9 Å². The molecule has 0 spiro atoms. The molecule has 0 aliphatic rings. The zero-order valence-corrected chi connectivity index (χ0v) is 9.34. The van der Waals surface area contributed by atoms with E-state index >= 15 is 0 Å². The molecule has 17 heavy (non-hydrogen) atoms. The van der Waals surface area contributed by atoms with Crippen LogP contribution in [0.4, 0.5) is 5.69 Å². The van der Waals surface area contributed by atoms with Gasteiger partial charge >= 0.3 is 0 Å². The molecule has 0 fully saturated rings. The third kappa shape index (κ3) is 2.52. The Balaban J connectivity index is 2.25. The standard InChI is InChI=1S/C13H11N3O/c1-9-2-3-10(15)6-13(9)17-12-5-4-11(7-14)16-8-12/h2-6,8H,15H2,1H3. The monoisotopic (exact) mass is 225 g/mol. The first-order valence-electron chi connectivity index (χ1n) is 5.09. The van der Waals surface area contributed by atoms with Gasteiger partial charge < -0.3 is 10.5 Å². The summed E-state index contributed by atoms with van der Waals surface area (Å²) in [5, 5.41) is 8.63. The largest absolute Gasteiger partial charge is 0.455 e. The minimum absolute atomic E-state index is 0.363. The van der Waals surface area contributed by atoms with Crippen molar-refractivity contribution in [3.63, 3.8) is 0 Å². The Morgan fingerprint density at radius 1 is 1.29 bits per heavy atom. The number of rotatable bonds is 2. The second kappa shape index (κ2) is 4.54. The van der Waals surface area contributed by atoms with Crippen LogP contribution in [0.5, 0.6) is 11.5 Å². The van der Waals surface area contributed by atoms with E-state index in [2.05, 4.69) is 4.98 Å². The zero-order chi connectivity index (χ0) is 12.3. The number of ether oxygens (including phenoxy) is 1. The van der Waals surface area contributed by atoms with Crippen LogP contribution in [0.15, 0.2) is 36.5 Å². The van der Waals surface area contributed by atoms with E-state index in [1.54, 1.807) is 18.2 Å². The van der Waals surface area contributed by atoms with E-state index in [1.165, 1.54) is 6.20 Å². The number of benzene rings is 1. The van der Waals surface area contributed by atoms with Crippen LogP contribution in [0.3, 0.4) is 0 Å². The number of pyridine rings is 1. The Hall–Kier alpha value is -2.54. The third-order valence-electron chi connectivity index (χ3n) is 2.29. The highest BCUT2D eigenvalue weighted by Gasteiger charge is 2.02. The first-order valence-corrected chi connectivity index (χ1v) is 5.09. The lowest BCUT2D eigenvalue weighted by Crippen LogP contribution is -1.92. The van der Waals surface area contributed by atoms with Crippen LogP contribution in [0.1, 0.15) is 11.3 Å². The quantitative estimate of drug-likeness (QED) is 0.797. The predicted octanol–water partition coefficient (Wildman–Crippen LogP) is 2.64. The molecule has 0 saturated heterocycles. The Kier molecular flexibility index (Phi) is 2.93. The van der Waals surface area contributed by atoms with Gasteiger partial charge in [-0.15, -0.1) is 0 Å². The molecule has 4 nitrogen and oxygen atoms in total. The molecule has 0 aliphatic carbocycles. The van der Waals surface area contributed by atoms with Crippen molar-refractivity contribution in [1.82, 2.24) is 4.98 Å². The van der Waals surface area contributed by atoms with Crippen LogP contribution >= 0.6 is 0 Å². The van der Waals surface area contributed by atoms with Gasteiger partial charge in [0, 0.05) is 11.8 Å². The van der Waals surface area contributed by atoms with E-state index in [1.807, 2.05) is 25.1 Å². The molecular weight excluding hydrogens is 214 g/mol. The number of anilines is 1. The van der Waals surface area contributed by atoms with Crippen molar-refractivity contribution in [2.75, 3.05) is 5.73 Å². The van der Waals surface area contributed by atoms with Gasteiger partial charge in [0.15, 0.2) is 0 Å². The first-order chi connectivity index (χ1) is 8.19. The number of nitrogens with zero attached hydrogens (tertiary/aromatic N) is 2. The average molecular weight is 225 g/mol. The van der Waals surface area contributed by atoms with Crippen LogP contribution in [-0.2, 0) is 0 Å². The highest BCUT2D eigenvalue weighted by Crippen LogP contribution is 2.26. The molecule has 0 amide bonds. The highest BCUT2D eigenvalue weighted by molar-refractivity contribution is 5.49. The van der Waals surface area contributed by atoms with Crippen LogP contribution in [0.25, 0.3) is 0 Å². The summed E-state index contributed by atoms with van der Waals surface area (Å²) in [4.78, 5) is 3.93. The van der Waals surface area contributed by atoms with E-state index in [4.69, 9.17) is 15.7 Å². The lowest BCUT2D eigenvalue weighted by atomic mass is 10.2. The van der Waals surface area contributed by atoms with Gasteiger partial charge in [-0.2, -0.15) is 5.26 Å². The van der Waals surface area contributed by atoms with Gasteiger partial charge in [-0.1, -0.05) is 6.07 Å². The van der Waals surface area contributed by atoms with Gasteiger partial charge in [0.1, 0.15) is 23.3 Å². The van der Waals surface area contributed by atoms with E-state index in [0.717, 1.165) is 5.56 Å². The molecule has 2 aromatic rings. The number of nitriles is 1. The average Bonchev–Trinajstić information content (AvgIpc) is 2.35. The summed E-state index contributed by atoms with van der Waals surface area (Å²) in [5.41, 5.74) is 7.69. The van der Waals surface area contributed by atoms with Crippen molar-refractivity contribution in [2.24, 2.45) is 0 Å². The minimum atomic E-state index is 0.363. The van der Waals surface area contributed by atoms with Crippen LogP contribution in [-0.4, -0.2) is 4.98 Å². The number of aryl methyl sites for hydroxylation is 1. The smallest absolute Gasteiger partial charge is 0.145 e. The molecule has 0 saturated carbocycles. The van der Waals surface area contributed by atoms with Crippen molar-refractivity contribution in [2.45, 2.75) is 6.92 Å². The maximum absolute atomic E-state index is 8.63. The van der Waals surface area contributed by atoms with Gasteiger partial charge in [-0.25, -0.2) is 4.98 Å². The molecule has 84 valence electrons. The van der Waals surface area contributed by atoms with Crippen molar-refractivity contribution >= 4 is 5.69 Å². The summed E-state index contributed by atoms with van der Waals surface area (Å²) in [5.74, 6) is 1.27. The normalized spacial score (nSPS) is 9.65. The predicted molar refractivity (Wildman–Crippen MR) is 64.6 cm³/mol. The van der Waals surface area contributed by atoms with Crippen LogP contribution < -0.4 is 10.5 Å². The van der Waals surface area contributed by atoms with Crippen molar-refractivity contribution in [1.29, 1.82) is 5.26 Å². The molecule has 1 heterocycles. The first kappa shape index (κ1) is 11.0. The summed E-state index contributed by atoms with van der Waals surface area (Å²) < 4.78 is 5.64. The maximum Gasteiger partial charge on any atom is 0.145 e. The number of nitrogen functional groups attached to an aromatic ring is 1. The molecule has 0 unspecified atom stereocenters. The summed E-state index contributed by atoms with van der Waals surface area (Å²) in [7, 11) is 0. The lowest BCUT2D eigenvalue weighted by molar-refractivity contribution is 0.477. The van der Waals surface area contributed by atoms with Crippen molar-refractivity contribution in [3.8, 4) is 17.6 Å². The second-order valence-corrected chi connectivity index (χ2v) is 3.62. The Bertz CT molecular complexity index is 570. The SMILES string of the molecule is Cc1ccc(N)cc1Oc1ccc(C#N)nc1. The molecular formula is C13H11N3O. The number of nitrogens with two attached hydrogens (primary N) is 1. The fraction of sp³-hybridized carbons (Fsp3) is 0.0769. The van der Waals surface area contributed by atoms with Crippen molar-refractivity contribution in [3.05, 3.63) is 47.8 Å². The highest BCUT2D eigenvalue weighted by atomic mass is 16.5. The second-order valence-electron chi connectivity index (χ2n) is 3.62. The van der Waals surface area contributed by atoms with Gasteiger partial charge in [-0.3, -0.25) is 0 Å². The molecule has 0 aliphatic heterocycles. The summed E-state index contributed by atoms with van der Waals surface area (Å²) in [6.07, 6.45) is 1.52. The fourth-order valence-corrected chi connectivity index (χ4v) is 1.36. The molecule has 0 bridgehead atoms. The number of hydrogen-bond donors (Lipinski definition) is 1. The summed E-state index contributed by atoms with van der Waals surface area (Å²) in [6.45, 7) is 1.94. The number of hydrogen-bond acceptors (Lipinski definition) is 4. The van der Waals surface area contributed by atoms with Gasteiger partial charge in [0.25, 0.3) is 0 Å².